The summed E-state index contributed by atoms with van der Waals surface area (Å²) in [6.45, 7) is 10.7. The second-order valence-electron chi connectivity index (χ2n) is 21.2. The van der Waals surface area contributed by atoms with Gasteiger partial charge < -0.3 is 39.9 Å². The molecule has 2 saturated heterocycles. The van der Waals surface area contributed by atoms with Gasteiger partial charge >= 0.3 is 12.2 Å². The van der Waals surface area contributed by atoms with E-state index in [4.69, 9.17) is 19.4 Å². The van der Waals surface area contributed by atoms with Crippen molar-refractivity contribution in [3.8, 4) is 44.8 Å². The van der Waals surface area contributed by atoms with Crippen molar-refractivity contribution in [2.24, 2.45) is 0 Å². The number of hydrogen-bond donors (Lipinski definition) is 4. The van der Waals surface area contributed by atoms with E-state index in [1.54, 1.807) is 0 Å². The summed E-state index contributed by atoms with van der Waals surface area (Å²) in [5.41, 5.74) is 15.0. The number of benzene rings is 6. The van der Waals surface area contributed by atoms with Gasteiger partial charge in [0.05, 0.1) is 35.9 Å². The van der Waals surface area contributed by atoms with Crippen LogP contribution in [0.1, 0.15) is 108 Å². The minimum Gasteiger partial charge on any atom is -0.445 e. The fourth-order valence-corrected chi connectivity index (χ4v) is 11.7. The number of rotatable bonds is 16. The zero-order chi connectivity index (χ0) is 55.8. The van der Waals surface area contributed by atoms with Gasteiger partial charge in [0.2, 0.25) is 0 Å². The number of nitrogens with zero attached hydrogens (tertiary/aromatic N) is 4. The molecule has 0 spiro atoms. The summed E-state index contributed by atoms with van der Waals surface area (Å²) in [6, 6.07) is 47.4. The highest BCUT2D eigenvalue weighted by molar-refractivity contribution is 5.88. The number of aromatic amines is 2. The largest absolute Gasteiger partial charge is 0.445 e. The highest BCUT2D eigenvalue weighted by atomic mass is 16.6. The number of carbonyl (C=O) groups is 4. The first-order valence-electron chi connectivity index (χ1n) is 28.0. The summed E-state index contributed by atoms with van der Waals surface area (Å²) in [5.74, 6) is 1.23. The Morgan fingerprint density at radius 3 is 1.56 bits per heavy atom. The van der Waals surface area contributed by atoms with E-state index in [9.17, 15) is 19.2 Å². The summed E-state index contributed by atoms with van der Waals surface area (Å²) in [6.07, 6.45) is 11.0. The Kier molecular flexibility index (Phi) is 16.2. The molecule has 81 heavy (non-hydrogen) atoms. The van der Waals surface area contributed by atoms with Crippen molar-refractivity contribution >= 4 is 24.0 Å². The number of aryl methyl sites for hydroxylation is 2. The summed E-state index contributed by atoms with van der Waals surface area (Å²) >= 11 is 0. The molecule has 4 amide bonds. The molecule has 2 aromatic heterocycles. The van der Waals surface area contributed by atoms with Crippen molar-refractivity contribution in [1.82, 2.24) is 40.4 Å². The Labute approximate surface area is 472 Å². The number of likely N-dealkylation sites (tertiary alicyclic amines) is 2. The van der Waals surface area contributed by atoms with E-state index >= 15 is 0 Å². The van der Waals surface area contributed by atoms with Crippen molar-refractivity contribution in [2.45, 2.75) is 82.0 Å². The van der Waals surface area contributed by atoms with E-state index in [0.717, 1.165) is 78.6 Å². The first-order valence-corrected chi connectivity index (χ1v) is 28.0. The van der Waals surface area contributed by atoms with Gasteiger partial charge in [-0.2, -0.15) is 0 Å². The van der Waals surface area contributed by atoms with Crippen LogP contribution in [-0.4, -0.2) is 80.0 Å². The average molecular weight is 1080 g/mol. The van der Waals surface area contributed by atoms with Gasteiger partial charge in [0.15, 0.2) is 0 Å². The van der Waals surface area contributed by atoms with E-state index in [0.29, 0.717) is 35.9 Å². The predicted molar refractivity (Wildman–Crippen MR) is 314 cm³/mol. The minimum absolute atomic E-state index is 0.0382. The van der Waals surface area contributed by atoms with Gasteiger partial charge in [-0.05, 0) is 118 Å². The first kappa shape index (κ1) is 53.7. The van der Waals surface area contributed by atoms with Gasteiger partial charge in [0.25, 0.3) is 11.8 Å². The molecule has 2 fully saturated rings. The number of ether oxygens (including phenoxy) is 2. The third-order valence-electron chi connectivity index (χ3n) is 15.9. The van der Waals surface area contributed by atoms with Crippen LogP contribution in [0, 0.1) is 0 Å². The van der Waals surface area contributed by atoms with E-state index in [-0.39, 0.29) is 43.0 Å². The predicted octanol–water partition coefficient (Wildman–Crippen LogP) is 12.9. The van der Waals surface area contributed by atoms with Crippen LogP contribution in [0.3, 0.4) is 0 Å². The quantitative estimate of drug-likeness (QED) is 0.0692. The Balaban J connectivity index is 0.766. The SMILES string of the molecule is C=CCOC(=O)NC(C(=O)N1CCCC1c1ncc(-c2ccc(-c3cc4ccc3CCc3ccc(c(-c5ccc(-c6cnc(C7CCCN7C(=O)C(NC(=O)OCC=C)c7ccccc7)[nH]6)cc5)c3)CC4C)cc2)[nH]1)c1ccccc1. The second kappa shape index (κ2) is 24.4. The van der Waals surface area contributed by atoms with Gasteiger partial charge in [-0.25, -0.2) is 19.6 Å². The zero-order valence-electron chi connectivity index (χ0n) is 45.5. The van der Waals surface area contributed by atoms with Gasteiger partial charge in [0, 0.05) is 13.1 Å². The minimum atomic E-state index is -0.917. The molecule has 0 saturated carbocycles. The number of carbonyl (C=O) groups excluding carboxylic acids is 4. The number of amides is 4. The van der Waals surface area contributed by atoms with Crippen LogP contribution in [0.25, 0.3) is 44.8 Å². The molecule has 14 nitrogen and oxygen atoms in total. The Hall–Kier alpha value is -9.30. The average Bonchev–Trinajstić information content (AvgIpc) is 4.41. The molecule has 6 aromatic carbocycles. The summed E-state index contributed by atoms with van der Waals surface area (Å²) in [7, 11) is 0. The fourth-order valence-electron chi connectivity index (χ4n) is 11.7. The third-order valence-corrected chi connectivity index (χ3v) is 15.9. The molecule has 8 aromatic rings. The molecular formula is C67H66N8O6. The van der Waals surface area contributed by atoms with Crippen LogP contribution in [0.4, 0.5) is 9.59 Å². The van der Waals surface area contributed by atoms with E-state index in [1.165, 1.54) is 45.5 Å². The molecule has 4 N–H and O–H groups in total. The highest BCUT2D eigenvalue weighted by Gasteiger charge is 2.39. The maximum atomic E-state index is 14.2. The first-order chi connectivity index (χ1) is 39.6. The summed E-state index contributed by atoms with van der Waals surface area (Å²) < 4.78 is 10.4. The standard InChI is InChI=1S/C67H66N8O6/c1-4-36-80-66(78)72-60(50-14-8-6-9-15-50)64(76)74-34-12-18-58(74)62-68-41-56(70-62)48-29-24-46(25-30-48)54-39-44-20-22-45-28-33-52(43(3)38-53(54)23-21-44)40-55(45)47-26-31-49(32-27-47)57-42-69-63(71-57)59-19-13-35-75(59)65(77)61(51-16-10-7-11-17-51)73-67(79)81-37-5-2/h4-11,14-17,21,23-33,39-43,58-61H,1-2,12-13,18-20,22,34-38H2,3H3,(H,68,70)(H,69,71)(H,72,78)(H,73,79). The van der Waals surface area contributed by atoms with Gasteiger partial charge in [-0.1, -0.05) is 178 Å². The van der Waals surface area contributed by atoms with Crippen LogP contribution >= 0.6 is 0 Å². The Morgan fingerprint density at radius 2 is 1.06 bits per heavy atom. The number of imidazole rings is 2. The molecule has 4 heterocycles. The normalized spacial score (nSPS) is 17.4. The molecule has 6 aliphatic rings. The van der Waals surface area contributed by atoms with E-state index in [1.807, 2.05) is 82.9 Å². The number of H-pyrrole nitrogens is 2. The lowest BCUT2D eigenvalue weighted by molar-refractivity contribution is -0.135. The van der Waals surface area contributed by atoms with Crippen molar-refractivity contribution in [2.75, 3.05) is 26.3 Å². The number of aromatic nitrogens is 4. The van der Waals surface area contributed by atoms with Crippen LogP contribution in [0.2, 0.25) is 0 Å². The van der Waals surface area contributed by atoms with Crippen LogP contribution in [-0.2, 0) is 38.3 Å². The van der Waals surface area contributed by atoms with Crippen LogP contribution in [0.15, 0.2) is 183 Å². The lowest BCUT2D eigenvalue weighted by Gasteiger charge is -2.28. The van der Waals surface area contributed by atoms with Gasteiger partial charge in [-0.3, -0.25) is 9.59 Å². The van der Waals surface area contributed by atoms with Crippen LogP contribution in [0.5, 0.6) is 0 Å². The maximum absolute atomic E-state index is 14.2. The molecule has 410 valence electrons. The Morgan fingerprint density at radius 1 is 0.593 bits per heavy atom. The zero-order valence-corrected chi connectivity index (χ0v) is 45.5. The van der Waals surface area contributed by atoms with Crippen molar-refractivity contribution in [3.63, 3.8) is 0 Å². The smallest absolute Gasteiger partial charge is 0.408 e. The number of hydrogen-bond acceptors (Lipinski definition) is 8. The van der Waals surface area contributed by atoms with Crippen molar-refractivity contribution < 1.29 is 28.7 Å². The van der Waals surface area contributed by atoms with Gasteiger partial charge in [-0.15, -0.1) is 0 Å². The highest BCUT2D eigenvalue weighted by Crippen LogP contribution is 2.39. The Bertz CT molecular complexity index is 3560. The molecule has 5 unspecified atom stereocenters. The molecule has 14 heteroatoms. The molecule has 5 atom stereocenters. The molecule has 4 aliphatic carbocycles. The van der Waals surface area contributed by atoms with Crippen molar-refractivity contribution in [1.29, 1.82) is 0 Å². The lowest BCUT2D eigenvalue weighted by Crippen LogP contribution is -2.43. The summed E-state index contributed by atoms with van der Waals surface area (Å²) in [5, 5.41) is 5.57. The molecule has 2 aliphatic heterocycles. The molecule has 14 rings (SSSR count). The second-order valence-corrected chi connectivity index (χ2v) is 21.2. The topological polar surface area (TPSA) is 175 Å². The fraction of sp³-hybridized carbons (Fsp3) is 0.254. The van der Waals surface area contributed by atoms with E-state index in [2.05, 4.69) is 126 Å². The summed E-state index contributed by atoms with van der Waals surface area (Å²) in [4.78, 5) is 74.2. The van der Waals surface area contributed by atoms with E-state index < -0.39 is 24.3 Å². The van der Waals surface area contributed by atoms with Gasteiger partial charge in [0.1, 0.15) is 36.9 Å². The molecule has 0 radical (unpaired) electrons. The number of nitrogens with one attached hydrogen (secondary N) is 4. The molecular weight excluding hydrogens is 1010 g/mol. The van der Waals surface area contributed by atoms with Crippen molar-refractivity contribution in [3.05, 3.63) is 228 Å². The lowest BCUT2D eigenvalue weighted by atomic mass is 9.84. The molecule has 4 bridgehead atoms. The monoisotopic (exact) mass is 1080 g/mol. The maximum Gasteiger partial charge on any atom is 0.408 e. The number of alkyl carbamates (subject to hydrolysis) is 2. The van der Waals surface area contributed by atoms with Crippen LogP contribution < -0.4 is 10.6 Å². The third kappa shape index (κ3) is 11.9.